The fraction of sp³-hybridized carbons (Fsp3) is 0. The van der Waals surface area contributed by atoms with E-state index in [0.29, 0.717) is 11.6 Å². The van der Waals surface area contributed by atoms with Crippen molar-refractivity contribution in [2.75, 3.05) is 0 Å². The van der Waals surface area contributed by atoms with Crippen LogP contribution < -0.4 is 0 Å². The Morgan fingerprint density at radius 1 is 0.472 bits per heavy atom. The molecule has 170 valence electrons. The van der Waals surface area contributed by atoms with Gasteiger partial charge in [0.2, 0.25) is 5.28 Å². The minimum absolute atomic E-state index is 0.152. The number of furan rings is 1. The van der Waals surface area contributed by atoms with Gasteiger partial charge in [0.25, 0.3) is 0 Å². The van der Waals surface area contributed by atoms with Gasteiger partial charge >= 0.3 is 0 Å². The molecule has 0 spiro atoms. The minimum Gasteiger partial charge on any atom is -0.456 e. The first-order chi connectivity index (χ1) is 17.7. The van der Waals surface area contributed by atoms with Crippen LogP contribution in [0.25, 0.3) is 66.6 Å². The summed E-state index contributed by atoms with van der Waals surface area (Å²) >= 11 is 6.35. The lowest BCUT2D eigenvalue weighted by Crippen LogP contribution is -1.97. The van der Waals surface area contributed by atoms with Gasteiger partial charge in [-0.2, -0.15) is 9.97 Å². The van der Waals surface area contributed by atoms with Gasteiger partial charge in [-0.1, -0.05) is 78.9 Å². The summed E-state index contributed by atoms with van der Waals surface area (Å²) in [6.07, 6.45) is 0. The molecule has 0 N–H and O–H groups in total. The smallest absolute Gasteiger partial charge is 0.226 e. The Kier molecular flexibility index (Phi) is 4.79. The van der Waals surface area contributed by atoms with Gasteiger partial charge < -0.3 is 4.42 Å². The average molecular weight is 484 g/mol. The summed E-state index contributed by atoms with van der Waals surface area (Å²) in [6, 6.07) is 37.0. The Balaban J connectivity index is 1.29. The van der Waals surface area contributed by atoms with Crippen molar-refractivity contribution >= 4 is 44.3 Å². The fourth-order valence-corrected chi connectivity index (χ4v) is 4.83. The maximum absolute atomic E-state index is 6.35. The topological polar surface area (TPSA) is 51.8 Å². The molecule has 0 radical (unpaired) electrons. The highest BCUT2D eigenvalue weighted by Gasteiger charge is 2.13. The Morgan fingerprint density at radius 3 is 1.89 bits per heavy atom. The van der Waals surface area contributed by atoms with Crippen molar-refractivity contribution in [1.29, 1.82) is 0 Å². The van der Waals surface area contributed by atoms with Crippen LogP contribution in [0.3, 0.4) is 0 Å². The summed E-state index contributed by atoms with van der Waals surface area (Å²) < 4.78 is 6.05. The van der Waals surface area contributed by atoms with Crippen LogP contribution >= 0.6 is 11.6 Å². The molecule has 36 heavy (non-hydrogen) atoms. The van der Waals surface area contributed by atoms with Crippen LogP contribution in [0.1, 0.15) is 0 Å². The van der Waals surface area contributed by atoms with Crippen LogP contribution in [-0.4, -0.2) is 15.0 Å². The number of nitrogens with zero attached hydrogens (tertiary/aromatic N) is 3. The van der Waals surface area contributed by atoms with Gasteiger partial charge in [0.1, 0.15) is 11.2 Å². The number of fused-ring (bicyclic) bond motifs is 4. The fourth-order valence-electron chi connectivity index (χ4n) is 4.67. The second-order valence-electron chi connectivity index (χ2n) is 8.70. The van der Waals surface area contributed by atoms with Crippen molar-refractivity contribution < 1.29 is 4.42 Å². The zero-order chi connectivity index (χ0) is 24.1. The van der Waals surface area contributed by atoms with Crippen molar-refractivity contribution in [3.05, 3.63) is 114 Å². The van der Waals surface area contributed by atoms with Crippen LogP contribution in [0.2, 0.25) is 5.28 Å². The molecule has 5 aromatic carbocycles. The Hall–Kier alpha value is -4.54. The van der Waals surface area contributed by atoms with Crippen LogP contribution in [0.5, 0.6) is 0 Å². The zero-order valence-corrected chi connectivity index (χ0v) is 19.8. The number of halogens is 1. The van der Waals surface area contributed by atoms with E-state index >= 15 is 0 Å². The van der Waals surface area contributed by atoms with Crippen molar-refractivity contribution in [1.82, 2.24) is 15.0 Å². The first-order valence-electron chi connectivity index (χ1n) is 11.6. The molecule has 0 saturated carbocycles. The second kappa shape index (κ2) is 8.29. The van der Waals surface area contributed by atoms with E-state index in [2.05, 4.69) is 70.6 Å². The lowest BCUT2D eigenvalue weighted by atomic mass is 10.00. The molecule has 0 fully saturated rings. The molecular formula is C31H18ClN3O. The summed E-state index contributed by atoms with van der Waals surface area (Å²) in [6.45, 7) is 0. The standard InChI is InChI=1S/C31H18ClN3O/c32-31-34-29(23-13-12-21-16-20(10-11-22(21)17-23)19-6-2-1-3-7-19)33-30(35-31)24-14-15-26-25-8-4-5-9-27(25)36-28(26)18-24/h1-18H. The van der Waals surface area contributed by atoms with Crippen molar-refractivity contribution in [2.24, 2.45) is 0 Å². The maximum atomic E-state index is 6.35. The second-order valence-corrected chi connectivity index (χ2v) is 9.04. The van der Waals surface area contributed by atoms with Crippen LogP contribution in [-0.2, 0) is 0 Å². The third kappa shape index (κ3) is 3.60. The van der Waals surface area contributed by atoms with Gasteiger partial charge in [-0.05, 0) is 63.8 Å². The number of rotatable bonds is 3. The van der Waals surface area contributed by atoms with E-state index in [1.807, 2.05) is 48.5 Å². The molecule has 5 heteroatoms. The highest BCUT2D eigenvalue weighted by molar-refractivity contribution is 6.28. The van der Waals surface area contributed by atoms with Gasteiger partial charge in [0.05, 0.1) is 0 Å². The monoisotopic (exact) mass is 483 g/mol. The predicted octanol–water partition coefficient (Wildman–Crippen LogP) is 8.58. The molecule has 0 aliphatic carbocycles. The predicted molar refractivity (Wildman–Crippen MR) is 146 cm³/mol. The molecule has 0 unspecified atom stereocenters. The first kappa shape index (κ1) is 20.8. The highest BCUT2D eigenvalue weighted by atomic mass is 35.5. The summed E-state index contributed by atoms with van der Waals surface area (Å²) in [4.78, 5) is 13.6. The van der Waals surface area contributed by atoms with E-state index in [1.165, 1.54) is 11.1 Å². The Morgan fingerprint density at radius 2 is 1.08 bits per heavy atom. The Bertz CT molecular complexity index is 1910. The molecule has 0 bridgehead atoms. The molecule has 7 aromatic rings. The van der Waals surface area contributed by atoms with Gasteiger partial charge in [-0.15, -0.1) is 0 Å². The maximum Gasteiger partial charge on any atom is 0.226 e. The van der Waals surface area contributed by atoms with Gasteiger partial charge in [-0.3, -0.25) is 0 Å². The van der Waals surface area contributed by atoms with Gasteiger partial charge in [0, 0.05) is 21.9 Å². The SMILES string of the molecule is Clc1nc(-c2ccc3cc(-c4ccccc4)ccc3c2)nc(-c2ccc3c(c2)oc2ccccc23)n1. The van der Waals surface area contributed by atoms with E-state index in [4.69, 9.17) is 21.0 Å². The van der Waals surface area contributed by atoms with Crippen LogP contribution in [0, 0.1) is 0 Å². The number of para-hydroxylation sites is 1. The summed E-state index contributed by atoms with van der Waals surface area (Å²) in [7, 11) is 0. The van der Waals surface area contributed by atoms with E-state index in [-0.39, 0.29) is 5.28 Å². The number of aromatic nitrogens is 3. The van der Waals surface area contributed by atoms with Crippen molar-refractivity contribution in [3.63, 3.8) is 0 Å². The van der Waals surface area contributed by atoms with Crippen molar-refractivity contribution in [2.45, 2.75) is 0 Å². The molecule has 0 atom stereocenters. The molecule has 7 rings (SSSR count). The van der Waals surface area contributed by atoms with E-state index in [1.54, 1.807) is 0 Å². The van der Waals surface area contributed by atoms with Crippen LogP contribution in [0.4, 0.5) is 0 Å². The largest absolute Gasteiger partial charge is 0.456 e. The summed E-state index contributed by atoms with van der Waals surface area (Å²) in [5.74, 6) is 1.04. The third-order valence-electron chi connectivity index (χ3n) is 6.45. The first-order valence-corrected chi connectivity index (χ1v) is 12.0. The molecule has 0 saturated heterocycles. The molecule has 2 heterocycles. The molecule has 4 nitrogen and oxygen atoms in total. The summed E-state index contributed by atoms with van der Waals surface area (Å²) in [5, 5.41) is 4.54. The normalized spacial score (nSPS) is 11.5. The Labute approximate surface area is 211 Å². The van der Waals surface area contributed by atoms with Gasteiger partial charge in [0.15, 0.2) is 11.6 Å². The lowest BCUT2D eigenvalue weighted by molar-refractivity contribution is 0.669. The van der Waals surface area contributed by atoms with E-state index in [0.717, 1.165) is 43.8 Å². The zero-order valence-electron chi connectivity index (χ0n) is 19.0. The van der Waals surface area contributed by atoms with Gasteiger partial charge in [-0.25, -0.2) is 4.98 Å². The number of benzene rings is 5. The van der Waals surface area contributed by atoms with E-state index in [9.17, 15) is 0 Å². The molecular weight excluding hydrogens is 466 g/mol. The number of hydrogen-bond acceptors (Lipinski definition) is 4. The highest BCUT2D eigenvalue weighted by Crippen LogP contribution is 2.32. The molecule has 0 aliphatic rings. The quantitative estimate of drug-likeness (QED) is 0.252. The lowest BCUT2D eigenvalue weighted by Gasteiger charge is -2.08. The van der Waals surface area contributed by atoms with Crippen LogP contribution in [0.15, 0.2) is 114 Å². The number of hydrogen-bond donors (Lipinski definition) is 0. The molecule has 2 aromatic heterocycles. The summed E-state index contributed by atoms with van der Waals surface area (Å²) in [5.41, 5.74) is 5.71. The van der Waals surface area contributed by atoms with E-state index < -0.39 is 0 Å². The third-order valence-corrected chi connectivity index (χ3v) is 6.62. The minimum atomic E-state index is 0.152. The molecule has 0 aliphatic heterocycles. The average Bonchev–Trinajstić information content (AvgIpc) is 3.30. The van der Waals surface area contributed by atoms with Crippen molar-refractivity contribution in [3.8, 4) is 33.9 Å². The molecule has 0 amide bonds.